The van der Waals surface area contributed by atoms with Crippen LogP contribution in [0, 0.1) is 0 Å². The molecule has 4 rings (SSSR count). The predicted octanol–water partition coefficient (Wildman–Crippen LogP) is 2.80. The molecular weight excluding hydrogens is 260 g/mol. The highest BCUT2D eigenvalue weighted by molar-refractivity contribution is 5.55. The summed E-state index contributed by atoms with van der Waals surface area (Å²) in [7, 11) is 0. The number of epoxide rings is 1. The number of nitrogen functional groups attached to an aromatic ring is 1. The smallest absolute Gasteiger partial charge is 0.152 e. The summed E-state index contributed by atoms with van der Waals surface area (Å²) in [5, 5.41) is 0. The minimum absolute atomic E-state index is 0.481. The molecule has 2 unspecified atom stereocenters. The number of rotatable bonds is 2. The lowest BCUT2D eigenvalue weighted by atomic mass is 9.78. The van der Waals surface area contributed by atoms with Crippen LogP contribution in [-0.4, -0.2) is 0 Å². The Morgan fingerprint density at radius 2 is 1.43 bits per heavy atom. The molecule has 2 aliphatic rings. The van der Waals surface area contributed by atoms with Crippen LogP contribution in [0.1, 0.15) is 11.1 Å². The molecule has 21 heavy (non-hydrogen) atoms. The van der Waals surface area contributed by atoms with Gasteiger partial charge in [-0.3, -0.25) is 0 Å². The minimum Gasteiger partial charge on any atom is -0.399 e. The largest absolute Gasteiger partial charge is 0.399 e. The molecule has 1 saturated heterocycles. The average Bonchev–Trinajstić information content (AvgIpc) is 3.20. The maximum atomic E-state index is 6.25. The van der Waals surface area contributed by atoms with Crippen molar-refractivity contribution < 1.29 is 4.74 Å². The van der Waals surface area contributed by atoms with Crippen molar-refractivity contribution in [1.29, 1.82) is 0 Å². The van der Waals surface area contributed by atoms with Crippen molar-refractivity contribution in [3.63, 3.8) is 0 Å². The Bertz CT molecular complexity index is 749. The summed E-state index contributed by atoms with van der Waals surface area (Å²) in [5.41, 5.74) is 14.5. The zero-order valence-electron chi connectivity index (χ0n) is 11.5. The number of hydrogen-bond acceptors (Lipinski definition) is 3. The fourth-order valence-electron chi connectivity index (χ4n) is 3.16. The molecule has 2 aromatic rings. The van der Waals surface area contributed by atoms with Gasteiger partial charge in [-0.2, -0.15) is 0 Å². The van der Waals surface area contributed by atoms with Gasteiger partial charge in [0.25, 0.3) is 0 Å². The van der Waals surface area contributed by atoms with Crippen LogP contribution in [-0.2, 0) is 15.9 Å². The molecule has 0 spiro atoms. The van der Waals surface area contributed by atoms with Crippen molar-refractivity contribution in [2.24, 2.45) is 5.73 Å². The highest BCUT2D eigenvalue weighted by atomic mass is 16.6. The van der Waals surface area contributed by atoms with Crippen molar-refractivity contribution >= 4 is 5.69 Å². The van der Waals surface area contributed by atoms with Crippen molar-refractivity contribution in [2.75, 3.05) is 5.73 Å². The number of allylic oxidation sites excluding steroid dienone is 1. The molecule has 1 aliphatic carbocycles. The topological polar surface area (TPSA) is 64.6 Å². The summed E-state index contributed by atoms with van der Waals surface area (Å²) in [6, 6.07) is 18.0. The summed E-state index contributed by atoms with van der Waals surface area (Å²) in [4.78, 5) is 0. The summed E-state index contributed by atoms with van der Waals surface area (Å²) < 4.78 is 6.25. The fourth-order valence-corrected chi connectivity index (χ4v) is 3.16. The van der Waals surface area contributed by atoms with Gasteiger partial charge >= 0.3 is 0 Å². The first kappa shape index (κ1) is 12.2. The normalized spacial score (nSPS) is 29.6. The molecule has 2 atom stereocenters. The molecule has 0 aromatic heterocycles. The third kappa shape index (κ3) is 1.58. The molecule has 1 fully saturated rings. The van der Waals surface area contributed by atoms with Gasteiger partial charge in [-0.15, -0.1) is 0 Å². The molecule has 0 radical (unpaired) electrons. The predicted molar refractivity (Wildman–Crippen MR) is 83.1 cm³/mol. The minimum atomic E-state index is -0.511. The van der Waals surface area contributed by atoms with Crippen LogP contribution in [0.5, 0.6) is 0 Å². The molecule has 3 heteroatoms. The van der Waals surface area contributed by atoms with Gasteiger partial charge < -0.3 is 16.2 Å². The second kappa shape index (κ2) is 3.99. The lowest BCUT2D eigenvalue weighted by Gasteiger charge is -2.19. The van der Waals surface area contributed by atoms with Crippen LogP contribution in [0.2, 0.25) is 0 Å². The number of ether oxygens (including phenoxy) is 1. The summed E-state index contributed by atoms with van der Waals surface area (Å²) in [6.45, 7) is 0. The maximum Gasteiger partial charge on any atom is 0.152 e. The first-order valence-corrected chi connectivity index (χ1v) is 6.96. The monoisotopic (exact) mass is 276 g/mol. The van der Waals surface area contributed by atoms with E-state index < -0.39 is 11.2 Å². The van der Waals surface area contributed by atoms with Crippen molar-refractivity contribution in [1.82, 2.24) is 0 Å². The van der Waals surface area contributed by atoms with Gasteiger partial charge in [0.05, 0.1) is 0 Å². The van der Waals surface area contributed by atoms with E-state index in [4.69, 9.17) is 16.2 Å². The molecule has 0 bridgehead atoms. The van der Waals surface area contributed by atoms with Crippen LogP contribution in [0.15, 0.2) is 78.5 Å². The SMILES string of the molecule is NC1=CC2(c3ccccc3)OC2(c2ccc(N)cc2)C=C1. The number of benzene rings is 2. The summed E-state index contributed by atoms with van der Waals surface area (Å²) in [5.74, 6) is 0. The highest BCUT2D eigenvalue weighted by Gasteiger charge is 2.70. The van der Waals surface area contributed by atoms with Crippen LogP contribution < -0.4 is 11.5 Å². The number of anilines is 1. The third-order valence-corrected chi connectivity index (χ3v) is 4.25. The number of nitrogens with two attached hydrogens (primary N) is 2. The zero-order chi connectivity index (χ0) is 14.5. The van der Waals surface area contributed by atoms with Crippen molar-refractivity contribution in [3.8, 4) is 0 Å². The molecular formula is C18H16N2O. The van der Waals surface area contributed by atoms with E-state index in [1.165, 1.54) is 0 Å². The van der Waals surface area contributed by atoms with Crippen LogP contribution >= 0.6 is 0 Å². The van der Waals surface area contributed by atoms with E-state index in [0.29, 0.717) is 0 Å². The second-order valence-corrected chi connectivity index (χ2v) is 5.54. The Hall–Kier alpha value is -2.52. The fraction of sp³-hybridized carbons (Fsp3) is 0.111. The average molecular weight is 276 g/mol. The molecule has 0 amide bonds. The first-order valence-electron chi connectivity index (χ1n) is 6.96. The molecule has 3 nitrogen and oxygen atoms in total. The maximum absolute atomic E-state index is 6.25. The van der Waals surface area contributed by atoms with Crippen molar-refractivity contribution in [3.05, 3.63) is 89.6 Å². The Balaban J connectivity index is 1.87. The molecule has 2 aromatic carbocycles. The standard InChI is InChI=1S/C18H16N2O/c19-15-8-6-14(7-9-15)17-11-10-16(20)12-18(17,21-17)13-4-2-1-3-5-13/h1-12H,19-20H2. The Labute approximate surface area is 123 Å². The second-order valence-electron chi connectivity index (χ2n) is 5.54. The van der Waals surface area contributed by atoms with Crippen LogP contribution in [0.25, 0.3) is 0 Å². The summed E-state index contributed by atoms with van der Waals surface area (Å²) in [6.07, 6.45) is 5.95. The molecule has 104 valence electrons. The van der Waals surface area contributed by atoms with Crippen LogP contribution in [0.3, 0.4) is 0 Å². The Kier molecular flexibility index (Phi) is 2.33. The van der Waals surface area contributed by atoms with Gasteiger partial charge in [0.2, 0.25) is 0 Å². The Morgan fingerprint density at radius 1 is 0.762 bits per heavy atom. The number of hydrogen-bond donors (Lipinski definition) is 2. The van der Waals surface area contributed by atoms with Crippen LogP contribution in [0.4, 0.5) is 5.69 Å². The van der Waals surface area contributed by atoms with E-state index in [-0.39, 0.29) is 0 Å². The third-order valence-electron chi connectivity index (χ3n) is 4.25. The van der Waals surface area contributed by atoms with Crippen molar-refractivity contribution in [2.45, 2.75) is 11.2 Å². The molecule has 4 N–H and O–H groups in total. The van der Waals surface area contributed by atoms with Gasteiger partial charge in [-0.25, -0.2) is 0 Å². The van der Waals surface area contributed by atoms with E-state index in [2.05, 4.69) is 12.1 Å². The summed E-state index contributed by atoms with van der Waals surface area (Å²) >= 11 is 0. The van der Waals surface area contributed by atoms with Gasteiger partial charge in [0.15, 0.2) is 11.2 Å². The van der Waals surface area contributed by atoms with Gasteiger partial charge in [-0.1, -0.05) is 42.5 Å². The lowest BCUT2D eigenvalue weighted by Crippen LogP contribution is -2.23. The number of fused-ring (bicyclic) bond motifs is 1. The molecule has 0 saturated carbocycles. The van der Waals surface area contributed by atoms with Gasteiger partial charge in [0.1, 0.15) is 0 Å². The highest BCUT2D eigenvalue weighted by Crippen LogP contribution is 2.65. The molecule has 1 aliphatic heterocycles. The Morgan fingerprint density at radius 3 is 2.14 bits per heavy atom. The van der Waals surface area contributed by atoms with Gasteiger partial charge in [-0.05, 0) is 41.5 Å². The van der Waals surface area contributed by atoms with E-state index in [9.17, 15) is 0 Å². The quantitative estimate of drug-likeness (QED) is 0.655. The van der Waals surface area contributed by atoms with E-state index in [1.54, 1.807) is 0 Å². The van der Waals surface area contributed by atoms with Gasteiger partial charge in [0, 0.05) is 11.4 Å². The van der Waals surface area contributed by atoms with E-state index >= 15 is 0 Å². The zero-order valence-corrected chi connectivity index (χ0v) is 11.5. The lowest BCUT2D eigenvalue weighted by molar-refractivity contribution is 0.309. The van der Waals surface area contributed by atoms with E-state index in [0.717, 1.165) is 22.5 Å². The molecule has 1 heterocycles. The first-order chi connectivity index (χ1) is 10.2. The van der Waals surface area contributed by atoms with E-state index in [1.807, 2.05) is 60.7 Å².